The Labute approximate surface area is 128 Å². The summed E-state index contributed by atoms with van der Waals surface area (Å²) < 4.78 is 16.1. The summed E-state index contributed by atoms with van der Waals surface area (Å²) in [6.07, 6.45) is 4.80. The molecule has 0 radical (unpaired) electrons. The van der Waals surface area contributed by atoms with Crippen molar-refractivity contribution in [3.63, 3.8) is 0 Å². The maximum atomic E-state index is 5.87. The van der Waals surface area contributed by atoms with Crippen LogP contribution in [0.5, 0.6) is 11.5 Å². The first-order valence-electron chi connectivity index (χ1n) is 7.53. The van der Waals surface area contributed by atoms with Gasteiger partial charge >= 0.3 is 0 Å². The molecule has 0 aliphatic heterocycles. The van der Waals surface area contributed by atoms with Crippen LogP contribution in [0.15, 0.2) is 30.9 Å². The van der Waals surface area contributed by atoms with E-state index in [1.165, 1.54) is 0 Å². The molecular formula is C17H28NO3+. The molecule has 1 aromatic carbocycles. The maximum absolute atomic E-state index is 5.87. The lowest BCUT2D eigenvalue weighted by Gasteiger charge is -2.11. The van der Waals surface area contributed by atoms with Gasteiger partial charge in [0.1, 0.15) is 11.5 Å². The minimum absolute atomic E-state index is 0.733. The van der Waals surface area contributed by atoms with E-state index >= 15 is 0 Å². The monoisotopic (exact) mass is 294 g/mol. The first-order valence-corrected chi connectivity index (χ1v) is 7.53. The van der Waals surface area contributed by atoms with Gasteiger partial charge in [-0.15, -0.1) is 6.58 Å². The van der Waals surface area contributed by atoms with Crippen LogP contribution in [0.3, 0.4) is 0 Å². The van der Waals surface area contributed by atoms with Crippen LogP contribution in [0, 0.1) is 0 Å². The molecule has 1 aromatic rings. The quantitative estimate of drug-likeness (QED) is 0.472. The van der Waals surface area contributed by atoms with Crippen LogP contribution in [0.4, 0.5) is 0 Å². The molecule has 0 heterocycles. The number of hydrogen-bond acceptors (Lipinski definition) is 3. The Kier molecular flexibility index (Phi) is 9.33. The standard InChI is InChI=1S/C17H27NO3/c1-4-7-15-14-16(20-3)8-9-17(15)21-13-6-11-18-10-5-12-19-2/h4,8-9,14,18H,1,5-7,10-13H2,2-3H3/p+1. The lowest BCUT2D eigenvalue weighted by Crippen LogP contribution is -2.84. The molecule has 118 valence electrons. The highest BCUT2D eigenvalue weighted by Gasteiger charge is 2.04. The molecule has 0 atom stereocenters. The fraction of sp³-hybridized carbons (Fsp3) is 0.529. The molecule has 0 aliphatic rings. The van der Waals surface area contributed by atoms with Crippen LogP contribution in [0.25, 0.3) is 0 Å². The molecule has 21 heavy (non-hydrogen) atoms. The average Bonchev–Trinajstić information content (AvgIpc) is 2.51. The Morgan fingerprint density at radius 3 is 2.57 bits per heavy atom. The fourth-order valence-corrected chi connectivity index (χ4v) is 2.06. The van der Waals surface area contributed by atoms with Crippen molar-refractivity contribution >= 4 is 0 Å². The molecule has 2 N–H and O–H groups in total. The molecule has 0 amide bonds. The molecule has 0 aliphatic carbocycles. The molecule has 0 aromatic heterocycles. The van der Waals surface area contributed by atoms with Crippen LogP contribution in [-0.4, -0.2) is 40.5 Å². The SMILES string of the molecule is C=CCc1cc(OC)ccc1OCCC[NH2+]CCCOC. The Hall–Kier alpha value is -1.52. The third-order valence-electron chi connectivity index (χ3n) is 3.20. The zero-order chi connectivity index (χ0) is 15.3. The van der Waals surface area contributed by atoms with Crippen molar-refractivity contribution in [2.45, 2.75) is 19.3 Å². The van der Waals surface area contributed by atoms with E-state index in [4.69, 9.17) is 14.2 Å². The van der Waals surface area contributed by atoms with Crippen LogP contribution in [0.2, 0.25) is 0 Å². The summed E-state index contributed by atoms with van der Waals surface area (Å²) >= 11 is 0. The van der Waals surface area contributed by atoms with Gasteiger partial charge in [0.25, 0.3) is 0 Å². The van der Waals surface area contributed by atoms with E-state index < -0.39 is 0 Å². The van der Waals surface area contributed by atoms with Gasteiger partial charge in [-0.3, -0.25) is 0 Å². The fourth-order valence-electron chi connectivity index (χ4n) is 2.06. The summed E-state index contributed by atoms with van der Waals surface area (Å²) in [6.45, 7) is 7.55. The van der Waals surface area contributed by atoms with E-state index in [9.17, 15) is 0 Å². The van der Waals surface area contributed by atoms with Gasteiger partial charge in [-0.1, -0.05) is 6.08 Å². The molecule has 0 unspecified atom stereocenters. The normalized spacial score (nSPS) is 10.4. The van der Waals surface area contributed by atoms with Crippen LogP contribution in [-0.2, 0) is 11.2 Å². The van der Waals surface area contributed by atoms with Crippen molar-refractivity contribution in [2.24, 2.45) is 0 Å². The minimum atomic E-state index is 0.733. The van der Waals surface area contributed by atoms with Crippen molar-refractivity contribution in [1.82, 2.24) is 0 Å². The van der Waals surface area contributed by atoms with Gasteiger partial charge in [-0.05, 0) is 24.6 Å². The molecule has 0 spiro atoms. The number of methoxy groups -OCH3 is 2. The number of hydrogen-bond donors (Lipinski definition) is 1. The molecule has 4 heteroatoms. The lowest BCUT2D eigenvalue weighted by molar-refractivity contribution is -0.655. The third kappa shape index (κ3) is 7.16. The van der Waals surface area contributed by atoms with Crippen molar-refractivity contribution in [1.29, 1.82) is 0 Å². The van der Waals surface area contributed by atoms with Gasteiger partial charge < -0.3 is 19.5 Å². The second-order valence-corrected chi connectivity index (χ2v) is 4.88. The van der Waals surface area contributed by atoms with Gasteiger partial charge in [0.05, 0.1) is 33.4 Å². The minimum Gasteiger partial charge on any atom is -0.497 e. The Balaban J connectivity index is 2.29. The van der Waals surface area contributed by atoms with E-state index in [0.717, 1.165) is 62.6 Å². The van der Waals surface area contributed by atoms with Crippen molar-refractivity contribution < 1.29 is 19.5 Å². The van der Waals surface area contributed by atoms with E-state index in [1.807, 2.05) is 24.3 Å². The summed E-state index contributed by atoms with van der Waals surface area (Å²) in [6, 6.07) is 5.91. The van der Waals surface area contributed by atoms with Crippen molar-refractivity contribution in [3.8, 4) is 11.5 Å². The van der Waals surface area contributed by atoms with E-state index in [2.05, 4.69) is 11.9 Å². The predicted octanol–water partition coefficient (Wildman–Crippen LogP) is 1.79. The van der Waals surface area contributed by atoms with Crippen LogP contribution in [0.1, 0.15) is 18.4 Å². The van der Waals surface area contributed by atoms with E-state index in [-0.39, 0.29) is 0 Å². The Morgan fingerprint density at radius 2 is 1.90 bits per heavy atom. The zero-order valence-corrected chi connectivity index (χ0v) is 13.3. The van der Waals surface area contributed by atoms with E-state index in [0.29, 0.717) is 0 Å². The summed E-state index contributed by atoms with van der Waals surface area (Å²) in [7, 11) is 3.41. The Morgan fingerprint density at radius 1 is 1.14 bits per heavy atom. The number of allylic oxidation sites excluding steroid dienone is 1. The molecule has 0 bridgehead atoms. The number of nitrogens with two attached hydrogens (primary N) is 1. The topological polar surface area (TPSA) is 44.3 Å². The Bertz CT molecular complexity index is 407. The maximum Gasteiger partial charge on any atom is 0.123 e. The molecule has 0 saturated carbocycles. The van der Waals surface area contributed by atoms with E-state index in [1.54, 1.807) is 14.2 Å². The van der Waals surface area contributed by atoms with Crippen molar-refractivity contribution in [2.75, 3.05) is 40.5 Å². The highest BCUT2D eigenvalue weighted by molar-refractivity contribution is 5.41. The summed E-state index contributed by atoms with van der Waals surface area (Å²) in [4.78, 5) is 0. The average molecular weight is 294 g/mol. The highest BCUT2D eigenvalue weighted by atomic mass is 16.5. The summed E-state index contributed by atoms with van der Waals surface area (Å²) in [5.41, 5.74) is 1.12. The van der Waals surface area contributed by atoms with Gasteiger partial charge in [-0.2, -0.15) is 0 Å². The number of quaternary nitrogens is 1. The molecule has 4 nitrogen and oxygen atoms in total. The summed E-state index contributed by atoms with van der Waals surface area (Å²) in [5, 5.41) is 2.31. The zero-order valence-electron chi connectivity index (χ0n) is 13.3. The van der Waals surface area contributed by atoms with Crippen LogP contribution >= 0.6 is 0 Å². The smallest absolute Gasteiger partial charge is 0.123 e. The number of benzene rings is 1. The molecule has 0 saturated heterocycles. The third-order valence-corrected chi connectivity index (χ3v) is 3.20. The summed E-state index contributed by atoms with van der Waals surface area (Å²) in [5.74, 6) is 1.78. The predicted molar refractivity (Wildman–Crippen MR) is 85.2 cm³/mol. The molecule has 0 fully saturated rings. The molecular weight excluding hydrogens is 266 g/mol. The first kappa shape index (κ1) is 17.5. The lowest BCUT2D eigenvalue weighted by atomic mass is 10.1. The number of rotatable bonds is 12. The van der Waals surface area contributed by atoms with Gasteiger partial charge in [0, 0.05) is 25.5 Å². The first-order chi connectivity index (χ1) is 10.3. The highest BCUT2D eigenvalue weighted by Crippen LogP contribution is 2.25. The second kappa shape index (κ2) is 11.2. The molecule has 1 rings (SSSR count). The van der Waals surface area contributed by atoms with Gasteiger partial charge in [-0.25, -0.2) is 0 Å². The van der Waals surface area contributed by atoms with Gasteiger partial charge in [0.2, 0.25) is 0 Å². The van der Waals surface area contributed by atoms with Crippen LogP contribution < -0.4 is 14.8 Å². The van der Waals surface area contributed by atoms with Crippen molar-refractivity contribution in [3.05, 3.63) is 36.4 Å². The number of ether oxygens (including phenoxy) is 3. The van der Waals surface area contributed by atoms with Gasteiger partial charge in [0.15, 0.2) is 0 Å². The second-order valence-electron chi connectivity index (χ2n) is 4.88. The largest absolute Gasteiger partial charge is 0.497 e.